The minimum absolute atomic E-state index is 0.0130. The number of fused-ring (bicyclic) bond motifs is 3. The summed E-state index contributed by atoms with van der Waals surface area (Å²) in [4.78, 5) is 93.8. The van der Waals surface area contributed by atoms with Crippen molar-refractivity contribution in [3.63, 3.8) is 0 Å². The molecule has 17 heteroatoms. The molecule has 0 radical (unpaired) electrons. The first kappa shape index (κ1) is 47.3. The second-order valence-corrected chi connectivity index (χ2v) is 17.4. The highest BCUT2D eigenvalue weighted by atomic mass is 16.7. The Bertz CT molecular complexity index is 1680. The minimum atomic E-state index is -2.42. The number of carbonyl (C=O) groups excluding carboxylic acids is 7. The summed E-state index contributed by atoms with van der Waals surface area (Å²) in [7, 11) is 1.40. The number of rotatable bonds is 15. The van der Waals surface area contributed by atoms with Crippen LogP contribution in [-0.4, -0.2) is 122 Å². The molecule has 17 nitrogen and oxygen atoms in total. The number of aliphatic hydroxyl groups is 1. The number of methoxy groups -OCH3 is 1. The molecule has 59 heavy (non-hydrogen) atoms. The lowest BCUT2D eigenvalue weighted by atomic mass is 9.51. The lowest BCUT2D eigenvalue weighted by Crippen LogP contribution is -2.76. The van der Waals surface area contributed by atoms with Gasteiger partial charge in [-0.05, 0) is 42.4 Å². The van der Waals surface area contributed by atoms with Gasteiger partial charge in [-0.3, -0.25) is 28.8 Å². The van der Waals surface area contributed by atoms with Crippen molar-refractivity contribution < 1.29 is 81.3 Å². The second kappa shape index (κ2) is 18.9. The Kier molecular flexibility index (Phi) is 15.2. The Morgan fingerprint density at radius 1 is 0.797 bits per heavy atom. The molecule has 0 aromatic rings. The van der Waals surface area contributed by atoms with E-state index in [0.29, 0.717) is 5.57 Å². The summed E-state index contributed by atoms with van der Waals surface area (Å²) in [6, 6.07) is 0. The number of hydrogen-bond donors (Lipinski definition) is 1. The molecule has 2 aliphatic carbocycles. The molecule has 2 aliphatic heterocycles. The van der Waals surface area contributed by atoms with E-state index in [4.69, 9.17) is 42.6 Å². The van der Waals surface area contributed by atoms with Crippen LogP contribution in [0, 0.1) is 35.0 Å². The summed E-state index contributed by atoms with van der Waals surface area (Å²) in [5.74, 6) is -9.31. The molecule has 330 valence electrons. The van der Waals surface area contributed by atoms with Crippen molar-refractivity contribution in [1.82, 2.24) is 0 Å². The molecule has 0 aromatic heterocycles. The Hall–Kier alpha value is -4.35. The van der Waals surface area contributed by atoms with Crippen molar-refractivity contribution in [1.29, 1.82) is 0 Å². The third kappa shape index (κ3) is 10.3. The van der Waals surface area contributed by atoms with E-state index in [1.807, 2.05) is 0 Å². The quantitative estimate of drug-likeness (QED) is 0.142. The molecular formula is C42H60O17. The molecule has 2 saturated heterocycles. The summed E-state index contributed by atoms with van der Waals surface area (Å²) in [6.07, 6.45) is -5.77. The van der Waals surface area contributed by atoms with E-state index in [-0.39, 0.29) is 50.2 Å². The van der Waals surface area contributed by atoms with Crippen LogP contribution >= 0.6 is 0 Å². The van der Waals surface area contributed by atoms with Gasteiger partial charge in [-0.2, -0.15) is 0 Å². The summed E-state index contributed by atoms with van der Waals surface area (Å²) in [6.45, 7) is 14.6. The Morgan fingerprint density at radius 3 is 1.86 bits per heavy atom. The van der Waals surface area contributed by atoms with Crippen LogP contribution in [0.25, 0.3) is 0 Å². The first-order valence-corrected chi connectivity index (χ1v) is 20.0. The predicted molar refractivity (Wildman–Crippen MR) is 203 cm³/mol. The first-order chi connectivity index (χ1) is 27.5. The molecule has 1 spiro atoms. The van der Waals surface area contributed by atoms with E-state index in [1.165, 1.54) is 39.2 Å². The summed E-state index contributed by atoms with van der Waals surface area (Å²) < 4.78 is 53.4. The summed E-state index contributed by atoms with van der Waals surface area (Å²) in [5.41, 5.74) is -5.92. The molecular weight excluding hydrogens is 776 g/mol. The van der Waals surface area contributed by atoms with Gasteiger partial charge in [0.25, 0.3) is 0 Å². The van der Waals surface area contributed by atoms with Crippen LogP contribution in [-0.2, 0) is 76.2 Å². The lowest BCUT2D eigenvalue weighted by Gasteiger charge is -2.59. The third-order valence-electron chi connectivity index (χ3n) is 11.1. The molecule has 0 bridgehead atoms. The Labute approximate surface area is 344 Å². The maximum Gasteiger partial charge on any atom is 0.344 e. The third-order valence-corrected chi connectivity index (χ3v) is 11.1. The molecule has 4 aliphatic rings. The molecule has 3 fully saturated rings. The maximum atomic E-state index is 14.0. The van der Waals surface area contributed by atoms with Gasteiger partial charge >= 0.3 is 41.8 Å². The maximum absolute atomic E-state index is 14.0. The van der Waals surface area contributed by atoms with Crippen LogP contribution in [0.15, 0.2) is 23.8 Å². The van der Waals surface area contributed by atoms with Crippen molar-refractivity contribution in [2.24, 2.45) is 35.0 Å². The zero-order valence-electron chi connectivity index (χ0n) is 35.8. The predicted octanol–water partition coefficient (Wildman–Crippen LogP) is 3.11. The van der Waals surface area contributed by atoms with Gasteiger partial charge in [-0.1, -0.05) is 54.5 Å². The molecule has 0 unspecified atom stereocenters. The average Bonchev–Trinajstić information content (AvgIpc) is 3.86. The number of epoxide rings is 1. The van der Waals surface area contributed by atoms with E-state index < -0.39 is 113 Å². The molecule has 0 amide bonds. The highest BCUT2D eigenvalue weighted by molar-refractivity contribution is 5.78. The van der Waals surface area contributed by atoms with E-state index >= 15 is 0 Å². The topological polar surface area (TPSA) is 226 Å². The van der Waals surface area contributed by atoms with Gasteiger partial charge in [0.15, 0.2) is 36.6 Å². The number of esters is 7. The van der Waals surface area contributed by atoms with E-state index in [0.717, 1.165) is 13.8 Å². The SMILES string of the molecule is COCC1=C/[C@@H]2OC(=O)[C@H](C)[C@@]2(O)[C@@H](OC(C)=O)[C@H]2[C@@]3(CO3)[C@H](OC(C)=O)[C@H](OC(=O)CC(C)C)[C@H](OC(=O)CC(C)C)[C@]2(C)[C@H](OC(=O)COC(=O)CC(C)C)/C=C\1. The minimum Gasteiger partial charge on any atom is -0.459 e. The zero-order chi connectivity index (χ0) is 44.2. The van der Waals surface area contributed by atoms with Gasteiger partial charge in [0, 0.05) is 46.1 Å². The fourth-order valence-electron chi connectivity index (χ4n) is 8.48. The van der Waals surface area contributed by atoms with Crippen molar-refractivity contribution in [2.45, 2.75) is 136 Å². The number of hydrogen-bond acceptors (Lipinski definition) is 17. The summed E-state index contributed by atoms with van der Waals surface area (Å²) >= 11 is 0. The van der Waals surface area contributed by atoms with Gasteiger partial charge in [0.1, 0.15) is 17.8 Å². The number of carbonyl (C=O) groups is 7. The van der Waals surface area contributed by atoms with Crippen LogP contribution in [0.2, 0.25) is 0 Å². The van der Waals surface area contributed by atoms with E-state index in [9.17, 15) is 38.7 Å². The fraction of sp³-hybridized carbons (Fsp3) is 0.738. The standard InChI is InChI=1S/C42H60O17/c1-21(2)14-30(45)52-19-33(48)56-28-13-12-27(18-51-11)17-29-42(50,24(7)39(49)57-29)38(55-26(9)44)35-40(28,10)36(59-32(47)16-23(5)6)34(58-31(46)15-22(3)4)37(54-25(8)43)41(35)20-53-41/h12-13,17,21-24,28-29,34-38,50H,14-16,18-20H2,1-11H3/b13-12-,27-17+/t24-,28+,29-,34+,35+,36-,37+,38-,40+,41-,42-/m0/s1. The molecule has 0 aromatic carbocycles. The monoisotopic (exact) mass is 836 g/mol. The normalized spacial score (nSPS) is 35.0. The molecule has 1 saturated carbocycles. The zero-order valence-corrected chi connectivity index (χ0v) is 35.8. The average molecular weight is 837 g/mol. The Balaban J connectivity index is 2.13. The lowest BCUT2D eigenvalue weighted by molar-refractivity contribution is -0.280. The van der Waals surface area contributed by atoms with Crippen molar-refractivity contribution in [3.8, 4) is 0 Å². The van der Waals surface area contributed by atoms with E-state index in [2.05, 4.69) is 0 Å². The van der Waals surface area contributed by atoms with Gasteiger partial charge < -0.3 is 47.7 Å². The van der Waals surface area contributed by atoms with Crippen LogP contribution < -0.4 is 0 Å². The number of ether oxygens (including phenoxy) is 9. The van der Waals surface area contributed by atoms with E-state index in [1.54, 1.807) is 41.5 Å². The summed E-state index contributed by atoms with van der Waals surface area (Å²) in [5, 5.41) is 13.1. The first-order valence-electron chi connectivity index (χ1n) is 20.0. The van der Waals surface area contributed by atoms with Gasteiger partial charge in [-0.25, -0.2) is 4.79 Å². The van der Waals surface area contributed by atoms with Crippen LogP contribution in [0.4, 0.5) is 0 Å². The largest absolute Gasteiger partial charge is 0.459 e. The van der Waals surface area contributed by atoms with Gasteiger partial charge in [0.05, 0.1) is 24.5 Å². The highest BCUT2D eigenvalue weighted by Gasteiger charge is 2.81. The van der Waals surface area contributed by atoms with Gasteiger partial charge in [-0.15, -0.1) is 0 Å². The molecule has 4 rings (SSSR count). The molecule has 1 N–H and O–H groups in total. The van der Waals surface area contributed by atoms with Crippen LogP contribution in [0.1, 0.15) is 88.5 Å². The smallest absolute Gasteiger partial charge is 0.344 e. The fourth-order valence-corrected chi connectivity index (χ4v) is 8.48. The van der Waals surface area contributed by atoms with Gasteiger partial charge in [0.2, 0.25) is 0 Å². The molecule has 2 heterocycles. The van der Waals surface area contributed by atoms with Crippen molar-refractivity contribution in [2.75, 3.05) is 26.9 Å². The Morgan fingerprint density at radius 2 is 1.34 bits per heavy atom. The van der Waals surface area contributed by atoms with Crippen LogP contribution in [0.5, 0.6) is 0 Å². The van der Waals surface area contributed by atoms with Crippen molar-refractivity contribution >= 4 is 41.8 Å². The second-order valence-electron chi connectivity index (χ2n) is 17.4. The highest BCUT2D eigenvalue weighted by Crippen LogP contribution is 2.63. The van der Waals surface area contributed by atoms with Crippen molar-refractivity contribution in [3.05, 3.63) is 23.8 Å². The molecule has 11 atom stereocenters. The van der Waals surface area contributed by atoms with Crippen LogP contribution in [0.3, 0.4) is 0 Å².